The largest absolute Gasteiger partial charge is 0.506 e. The molecule has 3 N–H and O–H groups in total. The molecule has 0 aliphatic carbocycles. The number of carbonyl (C=O) groups is 2. The van der Waals surface area contributed by atoms with Gasteiger partial charge < -0.3 is 5.11 Å². The molecule has 0 atom stereocenters. The lowest BCUT2D eigenvalue weighted by Gasteiger charge is -2.13. The van der Waals surface area contributed by atoms with Crippen molar-refractivity contribution in [2.75, 3.05) is 0 Å². The highest BCUT2D eigenvalue weighted by Crippen LogP contribution is 2.26. The number of aromatic nitrogens is 1. The van der Waals surface area contributed by atoms with E-state index in [0.717, 1.165) is 37.7 Å². The molecule has 0 saturated heterocycles. The van der Waals surface area contributed by atoms with Crippen LogP contribution in [-0.2, 0) is 4.79 Å². The number of hydrogen-bond donors (Lipinski definition) is 3. The molecule has 0 aliphatic rings. The highest BCUT2D eigenvalue weighted by molar-refractivity contribution is 6.03. The Morgan fingerprint density at radius 2 is 1.83 bits per heavy atom. The molecule has 0 saturated carbocycles. The molecule has 7 heteroatoms. The van der Waals surface area contributed by atoms with Gasteiger partial charge in [0, 0.05) is 18.0 Å². The predicted octanol–water partition coefficient (Wildman–Crippen LogP) is 3.88. The minimum Gasteiger partial charge on any atom is -0.506 e. The maximum absolute atomic E-state index is 12.9. The Kier molecular flexibility index (Phi) is 8.41. The number of unbranched alkanes of at least 4 members (excludes halogenated alkanes) is 4. The van der Waals surface area contributed by atoms with Crippen LogP contribution in [0.2, 0.25) is 0 Å². The van der Waals surface area contributed by atoms with E-state index in [0.29, 0.717) is 10.9 Å². The van der Waals surface area contributed by atoms with Crippen molar-refractivity contribution in [1.29, 1.82) is 0 Å². The predicted molar refractivity (Wildman–Crippen MR) is 119 cm³/mol. The number of para-hydroxylation sites is 1. The Labute approximate surface area is 176 Å². The topological polar surface area (TPSA) is 100 Å². The van der Waals surface area contributed by atoms with Crippen LogP contribution in [-0.4, -0.2) is 21.5 Å². The molecule has 30 heavy (non-hydrogen) atoms. The van der Waals surface area contributed by atoms with Gasteiger partial charge in [0.2, 0.25) is 5.91 Å². The zero-order valence-corrected chi connectivity index (χ0v) is 17.5. The summed E-state index contributed by atoms with van der Waals surface area (Å²) in [5, 5.41) is 10.9. The Morgan fingerprint density at radius 1 is 1.13 bits per heavy atom. The van der Waals surface area contributed by atoms with E-state index in [1.54, 1.807) is 37.3 Å². The zero-order valence-electron chi connectivity index (χ0n) is 17.5. The van der Waals surface area contributed by atoms with Gasteiger partial charge >= 0.3 is 0 Å². The Balaban J connectivity index is 2.22. The molecule has 7 nitrogen and oxygen atoms in total. The summed E-state index contributed by atoms with van der Waals surface area (Å²) in [4.78, 5) is 37.5. The minimum absolute atomic E-state index is 0.277. The molecule has 0 aliphatic heterocycles. The molecule has 2 rings (SSSR count). The van der Waals surface area contributed by atoms with Crippen molar-refractivity contribution in [2.45, 2.75) is 52.4 Å². The number of carbonyl (C=O) groups excluding carboxylic acids is 2. The fourth-order valence-electron chi connectivity index (χ4n) is 3.04. The van der Waals surface area contributed by atoms with Gasteiger partial charge in [-0.25, -0.2) is 0 Å². The van der Waals surface area contributed by atoms with Gasteiger partial charge in [0.15, 0.2) is 0 Å². The van der Waals surface area contributed by atoms with E-state index >= 15 is 0 Å². The van der Waals surface area contributed by atoms with Crippen molar-refractivity contribution < 1.29 is 14.7 Å². The maximum Gasteiger partial charge on any atom is 0.279 e. The molecule has 0 bridgehead atoms. The van der Waals surface area contributed by atoms with Gasteiger partial charge in [-0.05, 0) is 31.6 Å². The van der Waals surface area contributed by atoms with E-state index in [4.69, 9.17) is 0 Å². The van der Waals surface area contributed by atoms with Crippen LogP contribution in [0.25, 0.3) is 17.1 Å². The number of nitrogens with one attached hydrogen (secondary N) is 2. The molecule has 1 aromatic heterocycles. The third kappa shape index (κ3) is 5.83. The first-order valence-corrected chi connectivity index (χ1v) is 10.2. The maximum atomic E-state index is 12.9. The monoisotopic (exact) mass is 411 g/mol. The summed E-state index contributed by atoms with van der Waals surface area (Å²) < 4.78 is 1.27. The zero-order chi connectivity index (χ0) is 22.1. The second kappa shape index (κ2) is 11.0. The lowest BCUT2D eigenvalue weighted by atomic mass is 10.1. The number of rotatable bonds is 9. The molecule has 2 amide bonds. The number of hydrogen-bond acceptors (Lipinski definition) is 4. The van der Waals surface area contributed by atoms with E-state index < -0.39 is 22.8 Å². The van der Waals surface area contributed by atoms with Gasteiger partial charge in [0.1, 0.15) is 11.3 Å². The Morgan fingerprint density at radius 3 is 2.53 bits per heavy atom. The third-order valence-corrected chi connectivity index (χ3v) is 4.65. The molecule has 2 aromatic rings. The summed E-state index contributed by atoms with van der Waals surface area (Å²) in [7, 11) is 0. The summed E-state index contributed by atoms with van der Waals surface area (Å²) in [5.74, 6) is -1.65. The van der Waals surface area contributed by atoms with Crippen molar-refractivity contribution in [2.24, 2.45) is 0 Å². The summed E-state index contributed by atoms with van der Waals surface area (Å²) >= 11 is 0. The van der Waals surface area contributed by atoms with Crippen molar-refractivity contribution in [3.05, 3.63) is 58.4 Å². The number of benzene rings is 1. The van der Waals surface area contributed by atoms with Gasteiger partial charge in [-0.2, -0.15) is 0 Å². The number of fused-ring (bicyclic) bond motifs is 1. The average molecular weight is 412 g/mol. The van der Waals surface area contributed by atoms with Crippen LogP contribution < -0.4 is 16.4 Å². The summed E-state index contributed by atoms with van der Waals surface area (Å²) in [6, 6.07) is 6.70. The lowest BCUT2D eigenvalue weighted by Crippen LogP contribution is -2.43. The van der Waals surface area contributed by atoms with Crippen molar-refractivity contribution in [1.82, 2.24) is 15.4 Å². The number of hydrazine groups is 1. The van der Waals surface area contributed by atoms with E-state index in [-0.39, 0.29) is 12.3 Å². The van der Waals surface area contributed by atoms with Gasteiger partial charge in [0.25, 0.3) is 11.5 Å². The third-order valence-electron chi connectivity index (χ3n) is 4.65. The van der Waals surface area contributed by atoms with Crippen molar-refractivity contribution in [3.8, 4) is 5.75 Å². The van der Waals surface area contributed by atoms with Crippen LogP contribution >= 0.6 is 0 Å². The number of pyridine rings is 1. The Bertz CT molecular complexity index is 1020. The fraction of sp³-hybridized carbons (Fsp3) is 0.348. The fourth-order valence-corrected chi connectivity index (χ4v) is 3.04. The first-order valence-electron chi connectivity index (χ1n) is 10.2. The Hall–Kier alpha value is -3.35. The first kappa shape index (κ1) is 22.9. The van der Waals surface area contributed by atoms with Gasteiger partial charge in [-0.3, -0.25) is 29.8 Å². The molecule has 1 aromatic carbocycles. The number of allylic oxidation sites excluding steroid dienone is 2. The highest BCUT2D eigenvalue weighted by Gasteiger charge is 2.22. The quantitative estimate of drug-likeness (QED) is 0.331. The van der Waals surface area contributed by atoms with Crippen LogP contribution in [0.1, 0.15) is 62.7 Å². The molecular formula is C23H29N3O4. The highest BCUT2D eigenvalue weighted by atomic mass is 16.3. The lowest BCUT2D eigenvalue weighted by molar-refractivity contribution is -0.122. The molecular weight excluding hydrogens is 382 g/mol. The van der Waals surface area contributed by atoms with Gasteiger partial charge in [0.05, 0.1) is 5.52 Å². The summed E-state index contributed by atoms with van der Waals surface area (Å²) in [5.41, 5.74) is 4.58. The normalized spacial score (nSPS) is 11.0. The van der Waals surface area contributed by atoms with Crippen LogP contribution in [0.5, 0.6) is 5.75 Å². The van der Waals surface area contributed by atoms with E-state index in [1.807, 2.05) is 0 Å². The SMILES string of the molecule is C=C(C)C=Cn1c(=O)c(C(=O)NNC(=O)CCCCCCC)c(O)c2ccccc21. The second-order valence-electron chi connectivity index (χ2n) is 7.24. The number of aromatic hydroxyl groups is 1. The number of amides is 2. The van der Waals surface area contributed by atoms with Crippen LogP contribution in [0, 0.1) is 0 Å². The average Bonchev–Trinajstić information content (AvgIpc) is 2.72. The first-order chi connectivity index (χ1) is 14.4. The number of nitrogens with zero attached hydrogens (tertiary/aromatic N) is 1. The molecule has 0 spiro atoms. The molecule has 160 valence electrons. The van der Waals surface area contributed by atoms with Crippen LogP contribution in [0.3, 0.4) is 0 Å². The minimum atomic E-state index is -0.875. The van der Waals surface area contributed by atoms with Crippen LogP contribution in [0.15, 0.2) is 47.3 Å². The van der Waals surface area contributed by atoms with E-state index in [9.17, 15) is 19.5 Å². The van der Waals surface area contributed by atoms with E-state index in [2.05, 4.69) is 24.4 Å². The van der Waals surface area contributed by atoms with E-state index in [1.165, 1.54) is 10.8 Å². The molecule has 0 fully saturated rings. The van der Waals surface area contributed by atoms with Crippen LogP contribution in [0.4, 0.5) is 0 Å². The van der Waals surface area contributed by atoms with Crippen molar-refractivity contribution in [3.63, 3.8) is 0 Å². The summed E-state index contributed by atoms with van der Waals surface area (Å²) in [6.45, 7) is 7.66. The second-order valence-corrected chi connectivity index (χ2v) is 7.24. The van der Waals surface area contributed by atoms with Gasteiger partial charge in [-0.15, -0.1) is 0 Å². The smallest absolute Gasteiger partial charge is 0.279 e. The molecule has 0 unspecified atom stereocenters. The van der Waals surface area contributed by atoms with Crippen molar-refractivity contribution >= 4 is 28.9 Å². The standard InChI is InChI=1S/C23H29N3O4/c1-4-5-6-7-8-13-19(27)24-25-22(29)20-21(28)17-11-9-10-12-18(17)26(23(20)30)15-14-16(2)3/h9-12,14-15,28H,2,4-8,13H2,1,3H3,(H,24,27)(H,25,29). The van der Waals surface area contributed by atoms with Gasteiger partial charge in [-0.1, -0.05) is 56.9 Å². The molecule has 0 radical (unpaired) electrons. The summed E-state index contributed by atoms with van der Waals surface area (Å²) in [6.07, 6.45) is 8.40. The molecule has 1 heterocycles.